The van der Waals surface area contributed by atoms with E-state index in [0.29, 0.717) is 13.0 Å². The summed E-state index contributed by atoms with van der Waals surface area (Å²) in [4.78, 5) is 21.9. The van der Waals surface area contributed by atoms with Crippen molar-refractivity contribution >= 4 is 16.9 Å². The molecular weight excluding hydrogens is 438 g/mol. The Labute approximate surface area is 199 Å². The Balaban J connectivity index is 1.63. The van der Waals surface area contributed by atoms with Crippen molar-refractivity contribution < 1.29 is 18.3 Å². The highest BCUT2D eigenvalue weighted by molar-refractivity contribution is 5.94. The molecule has 2 aromatic carbocycles. The van der Waals surface area contributed by atoms with Gasteiger partial charge < -0.3 is 14.2 Å². The minimum atomic E-state index is -0.720. The fraction of sp³-hybridized carbons (Fsp3) is 0.462. The van der Waals surface area contributed by atoms with Crippen molar-refractivity contribution in [3.63, 3.8) is 0 Å². The lowest BCUT2D eigenvalue weighted by Crippen LogP contribution is -2.35. The molecule has 0 atom stereocenters. The zero-order valence-corrected chi connectivity index (χ0v) is 19.9. The van der Waals surface area contributed by atoms with Gasteiger partial charge in [0.25, 0.3) is 5.91 Å². The molecule has 0 radical (unpaired) electrons. The monoisotopic (exact) mass is 470 g/mol. The molecule has 0 saturated carbocycles. The predicted octanol–water partition coefficient (Wildman–Crippen LogP) is 4.61. The SMILES string of the molecule is CCCN(Cc1nc2cc(CN3CCOCC3)ccc2n1CCC)C(=O)c1cc(F)ccc1F. The van der Waals surface area contributed by atoms with Crippen LogP contribution in [-0.4, -0.2) is 58.1 Å². The predicted molar refractivity (Wildman–Crippen MR) is 128 cm³/mol. The Kier molecular flexibility index (Phi) is 7.90. The van der Waals surface area contributed by atoms with E-state index in [2.05, 4.69) is 34.6 Å². The standard InChI is InChI=1S/C26H32F2N4O2/c1-3-9-31(26(33)21-16-20(27)6-7-22(21)28)18-25-29-23-15-19(17-30-11-13-34-14-12-30)5-8-24(23)32(25)10-4-2/h5-8,15-16H,3-4,9-14,17-18H2,1-2H3. The molecule has 3 aromatic rings. The number of aromatic nitrogens is 2. The molecule has 0 spiro atoms. The summed E-state index contributed by atoms with van der Waals surface area (Å²) in [5.74, 6) is -1.13. The number of carbonyl (C=O) groups excluding carboxylic acids is 1. The number of benzene rings is 2. The number of morpholine rings is 1. The Bertz CT molecular complexity index is 1140. The fourth-order valence-corrected chi connectivity index (χ4v) is 4.46. The van der Waals surface area contributed by atoms with E-state index in [9.17, 15) is 13.6 Å². The van der Waals surface area contributed by atoms with Crippen molar-refractivity contribution in [1.82, 2.24) is 19.4 Å². The summed E-state index contributed by atoms with van der Waals surface area (Å²) in [5.41, 5.74) is 2.84. The summed E-state index contributed by atoms with van der Waals surface area (Å²) in [7, 11) is 0. The molecule has 1 aromatic heterocycles. The van der Waals surface area contributed by atoms with E-state index >= 15 is 0 Å². The molecule has 2 heterocycles. The van der Waals surface area contributed by atoms with E-state index in [-0.39, 0.29) is 12.1 Å². The van der Waals surface area contributed by atoms with Gasteiger partial charge in [-0.1, -0.05) is 19.9 Å². The summed E-state index contributed by atoms with van der Waals surface area (Å²) in [6, 6.07) is 9.31. The van der Waals surface area contributed by atoms with Gasteiger partial charge in [0.1, 0.15) is 17.5 Å². The molecule has 1 saturated heterocycles. The number of amides is 1. The molecule has 1 aliphatic heterocycles. The summed E-state index contributed by atoms with van der Waals surface area (Å²) in [5, 5.41) is 0. The van der Waals surface area contributed by atoms with Crippen LogP contribution in [0.3, 0.4) is 0 Å². The van der Waals surface area contributed by atoms with Gasteiger partial charge in [-0.3, -0.25) is 9.69 Å². The highest BCUT2D eigenvalue weighted by atomic mass is 19.1. The number of imidazole rings is 1. The molecular formula is C26H32F2N4O2. The molecule has 0 N–H and O–H groups in total. The molecule has 0 aliphatic carbocycles. The fourth-order valence-electron chi connectivity index (χ4n) is 4.46. The van der Waals surface area contributed by atoms with Crippen molar-refractivity contribution in [2.45, 2.75) is 46.3 Å². The molecule has 1 aliphatic rings. The van der Waals surface area contributed by atoms with E-state index < -0.39 is 17.5 Å². The normalized spacial score (nSPS) is 14.6. The van der Waals surface area contributed by atoms with Crippen LogP contribution in [0.4, 0.5) is 8.78 Å². The second kappa shape index (κ2) is 11.1. The van der Waals surface area contributed by atoms with Crippen LogP contribution in [0.2, 0.25) is 0 Å². The van der Waals surface area contributed by atoms with Gasteiger partial charge in [0.2, 0.25) is 0 Å². The van der Waals surface area contributed by atoms with Crippen LogP contribution in [0.1, 0.15) is 48.4 Å². The second-order valence-corrected chi connectivity index (χ2v) is 8.74. The maximum atomic E-state index is 14.3. The van der Waals surface area contributed by atoms with Crippen molar-refractivity contribution in [3.05, 3.63) is 65.0 Å². The molecule has 182 valence electrons. The van der Waals surface area contributed by atoms with Crippen LogP contribution in [0, 0.1) is 11.6 Å². The zero-order valence-electron chi connectivity index (χ0n) is 19.9. The van der Waals surface area contributed by atoms with Gasteiger partial charge in [0.05, 0.1) is 36.4 Å². The number of hydrogen-bond acceptors (Lipinski definition) is 4. The van der Waals surface area contributed by atoms with Crippen LogP contribution in [0.15, 0.2) is 36.4 Å². The highest BCUT2D eigenvalue weighted by Gasteiger charge is 2.23. The number of rotatable bonds is 9. The molecule has 34 heavy (non-hydrogen) atoms. The van der Waals surface area contributed by atoms with Gasteiger partial charge >= 0.3 is 0 Å². The smallest absolute Gasteiger partial charge is 0.257 e. The lowest BCUT2D eigenvalue weighted by Gasteiger charge is -2.26. The van der Waals surface area contributed by atoms with Crippen LogP contribution in [-0.2, 0) is 24.4 Å². The largest absolute Gasteiger partial charge is 0.379 e. The molecule has 0 bridgehead atoms. The Morgan fingerprint density at radius 2 is 1.88 bits per heavy atom. The first-order valence-corrected chi connectivity index (χ1v) is 12.0. The van der Waals surface area contributed by atoms with E-state index in [1.54, 1.807) is 4.90 Å². The van der Waals surface area contributed by atoms with E-state index in [4.69, 9.17) is 9.72 Å². The highest BCUT2D eigenvalue weighted by Crippen LogP contribution is 2.22. The van der Waals surface area contributed by atoms with Crippen molar-refractivity contribution in [2.24, 2.45) is 0 Å². The number of ether oxygens (including phenoxy) is 1. The zero-order chi connectivity index (χ0) is 24.1. The Morgan fingerprint density at radius 1 is 1.09 bits per heavy atom. The second-order valence-electron chi connectivity index (χ2n) is 8.74. The van der Waals surface area contributed by atoms with Gasteiger partial charge in [0.15, 0.2) is 0 Å². The summed E-state index contributed by atoms with van der Waals surface area (Å²) in [6.07, 6.45) is 1.61. The summed E-state index contributed by atoms with van der Waals surface area (Å²) >= 11 is 0. The average molecular weight is 471 g/mol. The van der Waals surface area contributed by atoms with E-state index in [1.165, 1.54) is 5.56 Å². The van der Waals surface area contributed by atoms with Crippen molar-refractivity contribution in [1.29, 1.82) is 0 Å². The minimum absolute atomic E-state index is 0.232. The number of nitrogens with zero attached hydrogens (tertiary/aromatic N) is 4. The lowest BCUT2D eigenvalue weighted by atomic mass is 10.1. The van der Waals surface area contributed by atoms with Crippen LogP contribution >= 0.6 is 0 Å². The van der Waals surface area contributed by atoms with Crippen LogP contribution in [0.25, 0.3) is 11.0 Å². The first kappa shape index (κ1) is 24.3. The first-order chi connectivity index (χ1) is 16.5. The maximum absolute atomic E-state index is 14.3. The molecule has 1 amide bonds. The van der Waals surface area contributed by atoms with Gasteiger partial charge in [-0.15, -0.1) is 0 Å². The van der Waals surface area contributed by atoms with Gasteiger partial charge in [-0.25, -0.2) is 13.8 Å². The van der Waals surface area contributed by atoms with Gasteiger partial charge in [0, 0.05) is 32.7 Å². The third-order valence-electron chi connectivity index (χ3n) is 6.12. The molecule has 6 nitrogen and oxygen atoms in total. The summed E-state index contributed by atoms with van der Waals surface area (Å²) in [6.45, 7) is 9.65. The lowest BCUT2D eigenvalue weighted by molar-refractivity contribution is 0.0342. The van der Waals surface area contributed by atoms with E-state index in [1.807, 2.05) is 6.92 Å². The van der Waals surface area contributed by atoms with Crippen molar-refractivity contribution in [3.8, 4) is 0 Å². The van der Waals surface area contributed by atoms with Crippen LogP contribution in [0.5, 0.6) is 0 Å². The number of halogens is 2. The topological polar surface area (TPSA) is 50.6 Å². The first-order valence-electron chi connectivity index (χ1n) is 12.0. The van der Waals surface area contributed by atoms with E-state index in [0.717, 1.165) is 80.9 Å². The van der Waals surface area contributed by atoms with Gasteiger partial charge in [-0.2, -0.15) is 0 Å². The average Bonchev–Trinajstić information content (AvgIpc) is 3.17. The number of fused-ring (bicyclic) bond motifs is 1. The van der Waals surface area contributed by atoms with Crippen LogP contribution < -0.4 is 0 Å². The third kappa shape index (κ3) is 5.45. The van der Waals surface area contributed by atoms with Crippen molar-refractivity contribution in [2.75, 3.05) is 32.8 Å². The molecule has 8 heteroatoms. The number of carbonyl (C=O) groups is 1. The molecule has 4 rings (SSSR count). The number of hydrogen-bond donors (Lipinski definition) is 0. The molecule has 1 fully saturated rings. The minimum Gasteiger partial charge on any atom is -0.379 e. The quantitative estimate of drug-likeness (QED) is 0.458. The Morgan fingerprint density at radius 3 is 2.62 bits per heavy atom. The molecule has 0 unspecified atom stereocenters. The third-order valence-corrected chi connectivity index (χ3v) is 6.12. The summed E-state index contributed by atoms with van der Waals surface area (Å²) < 4.78 is 35.6. The number of aryl methyl sites for hydroxylation is 1. The van der Waals surface area contributed by atoms with Gasteiger partial charge in [-0.05, 0) is 48.7 Å². The maximum Gasteiger partial charge on any atom is 0.257 e. The Hall–Kier alpha value is -2.84.